The first-order chi connectivity index (χ1) is 9.65. The number of hydrogen-bond acceptors (Lipinski definition) is 1. The topological polar surface area (TPSA) is 29.1 Å². The first-order valence-electron chi connectivity index (χ1n) is 6.47. The highest BCUT2D eigenvalue weighted by atomic mass is 79.9. The molecule has 0 spiro atoms. The molecular weight excluding hydrogens is 382 g/mol. The molecule has 20 heavy (non-hydrogen) atoms. The van der Waals surface area contributed by atoms with E-state index in [0.717, 1.165) is 21.8 Å². The quantitative estimate of drug-likeness (QED) is 0.815. The van der Waals surface area contributed by atoms with Gasteiger partial charge in [0.1, 0.15) is 0 Å². The molecule has 0 bridgehead atoms. The molecule has 102 valence electrons. The van der Waals surface area contributed by atoms with Crippen LogP contribution >= 0.6 is 31.9 Å². The van der Waals surface area contributed by atoms with Gasteiger partial charge in [-0.1, -0.05) is 30.3 Å². The van der Waals surface area contributed by atoms with Crippen LogP contribution in [0.5, 0.6) is 0 Å². The summed E-state index contributed by atoms with van der Waals surface area (Å²) in [5, 5.41) is 3.12. The standard InChI is InChI=1S/C16H13Br2NO/c17-13-6-3-7-14(18)15(13)16(20)19-12-8-10-4-1-2-5-11(10)9-12/h1-7,12H,8-9H2,(H,19,20). The normalized spacial score (nSPS) is 14.1. The molecule has 0 radical (unpaired) electrons. The lowest BCUT2D eigenvalue weighted by atomic mass is 10.1. The number of halogens is 2. The summed E-state index contributed by atoms with van der Waals surface area (Å²) in [6.45, 7) is 0. The van der Waals surface area contributed by atoms with Gasteiger partial charge in [0.05, 0.1) is 5.56 Å². The van der Waals surface area contributed by atoms with Gasteiger partial charge in [-0.15, -0.1) is 0 Å². The summed E-state index contributed by atoms with van der Waals surface area (Å²) < 4.78 is 1.61. The molecule has 0 unspecified atom stereocenters. The van der Waals surface area contributed by atoms with Gasteiger partial charge in [0.25, 0.3) is 5.91 Å². The molecule has 0 saturated carbocycles. The minimum absolute atomic E-state index is 0.0397. The first kappa shape index (κ1) is 13.8. The van der Waals surface area contributed by atoms with Crippen molar-refractivity contribution in [3.8, 4) is 0 Å². The highest BCUT2D eigenvalue weighted by Crippen LogP contribution is 2.26. The van der Waals surface area contributed by atoms with Crippen LogP contribution in [-0.2, 0) is 12.8 Å². The molecule has 1 aliphatic carbocycles. The molecule has 0 fully saturated rings. The largest absolute Gasteiger partial charge is 0.349 e. The Labute approximate surface area is 134 Å². The number of carbonyl (C=O) groups excluding carboxylic acids is 1. The number of hydrogen-bond donors (Lipinski definition) is 1. The lowest BCUT2D eigenvalue weighted by Crippen LogP contribution is -2.35. The smallest absolute Gasteiger partial charge is 0.253 e. The molecule has 0 aromatic heterocycles. The zero-order chi connectivity index (χ0) is 14.1. The van der Waals surface area contributed by atoms with E-state index in [0.29, 0.717) is 5.56 Å². The monoisotopic (exact) mass is 393 g/mol. The van der Waals surface area contributed by atoms with Gasteiger partial charge in [-0.05, 0) is 68.0 Å². The third-order valence-corrected chi connectivity index (χ3v) is 4.90. The van der Waals surface area contributed by atoms with Crippen molar-refractivity contribution in [1.29, 1.82) is 0 Å². The fraction of sp³-hybridized carbons (Fsp3) is 0.188. The summed E-state index contributed by atoms with van der Waals surface area (Å²) in [6.07, 6.45) is 1.81. The zero-order valence-electron chi connectivity index (χ0n) is 10.7. The zero-order valence-corrected chi connectivity index (χ0v) is 13.9. The number of carbonyl (C=O) groups is 1. The molecule has 2 aromatic rings. The minimum atomic E-state index is -0.0397. The molecule has 0 heterocycles. The van der Waals surface area contributed by atoms with Gasteiger partial charge in [0.2, 0.25) is 0 Å². The van der Waals surface area contributed by atoms with E-state index in [1.165, 1.54) is 11.1 Å². The van der Waals surface area contributed by atoms with E-state index in [1.54, 1.807) is 0 Å². The molecule has 2 aromatic carbocycles. The summed E-state index contributed by atoms with van der Waals surface area (Å²) >= 11 is 6.87. The van der Waals surface area contributed by atoms with Crippen LogP contribution in [0.3, 0.4) is 0 Å². The molecule has 0 saturated heterocycles. The van der Waals surface area contributed by atoms with E-state index in [-0.39, 0.29) is 11.9 Å². The average molecular weight is 395 g/mol. The fourth-order valence-electron chi connectivity index (χ4n) is 2.63. The summed E-state index contributed by atoms with van der Waals surface area (Å²) in [5.74, 6) is -0.0397. The summed E-state index contributed by atoms with van der Waals surface area (Å²) in [6, 6.07) is 14.2. The van der Waals surface area contributed by atoms with E-state index in [1.807, 2.05) is 30.3 Å². The Kier molecular flexibility index (Phi) is 3.94. The van der Waals surface area contributed by atoms with Crippen molar-refractivity contribution >= 4 is 37.8 Å². The predicted molar refractivity (Wildman–Crippen MR) is 86.9 cm³/mol. The second kappa shape index (κ2) is 5.70. The van der Waals surface area contributed by atoms with Crippen molar-refractivity contribution in [2.24, 2.45) is 0 Å². The van der Waals surface area contributed by atoms with Crippen molar-refractivity contribution in [1.82, 2.24) is 5.32 Å². The third kappa shape index (κ3) is 2.67. The predicted octanol–water partition coefficient (Wildman–Crippen LogP) is 4.11. The molecule has 3 rings (SSSR count). The second-order valence-electron chi connectivity index (χ2n) is 4.94. The highest BCUT2D eigenvalue weighted by molar-refractivity contribution is 9.11. The van der Waals surface area contributed by atoms with E-state index >= 15 is 0 Å². The highest BCUT2D eigenvalue weighted by Gasteiger charge is 2.24. The maximum absolute atomic E-state index is 12.4. The Morgan fingerprint density at radius 3 is 2.05 bits per heavy atom. The van der Waals surface area contributed by atoms with Gasteiger partial charge in [0, 0.05) is 15.0 Å². The van der Waals surface area contributed by atoms with Crippen LogP contribution in [0, 0.1) is 0 Å². The Morgan fingerprint density at radius 2 is 1.50 bits per heavy atom. The van der Waals surface area contributed by atoms with Gasteiger partial charge >= 0.3 is 0 Å². The van der Waals surface area contributed by atoms with Crippen molar-refractivity contribution < 1.29 is 4.79 Å². The third-order valence-electron chi connectivity index (χ3n) is 3.58. The molecule has 0 atom stereocenters. The number of nitrogens with one attached hydrogen (secondary N) is 1. The van der Waals surface area contributed by atoms with Crippen LogP contribution < -0.4 is 5.32 Å². The van der Waals surface area contributed by atoms with Crippen LogP contribution in [0.1, 0.15) is 21.5 Å². The van der Waals surface area contributed by atoms with Crippen LogP contribution in [0.25, 0.3) is 0 Å². The number of benzene rings is 2. The Balaban J connectivity index is 1.76. The maximum atomic E-state index is 12.4. The van der Waals surface area contributed by atoms with E-state index < -0.39 is 0 Å². The van der Waals surface area contributed by atoms with E-state index in [9.17, 15) is 4.79 Å². The molecule has 1 aliphatic rings. The van der Waals surface area contributed by atoms with E-state index in [4.69, 9.17) is 0 Å². The van der Waals surface area contributed by atoms with Gasteiger partial charge in [-0.2, -0.15) is 0 Å². The first-order valence-corrected chi connectivity index (χ1v) is 8.05. The van der Waals surface area contributed by atoms with Crippen LogP contribution in [0.15, 0.2) is 51.4 Å². The van der Waals surface area contributed by atoms with Gasteiger partial charge in [0.15, 0.2) is 0 Å². The SMILES string of the molecule is O=C(NC1Cc2ccccc2C1)c1c(Br)cccc1Br. The molecule has 0 aliphatic heterocycles. The fourth-order valence-corrected chi connectivity index (χ4v) is 3.99. The minimum Gasteiger partial charge on any atom is -0.349 e. The summed E-state index contributed by atoms with van der Waals surface area (Å²) in [5.41, 5.74) is 3.33. The van der Waals surface area contributed by atoms with Crippen LogP contribution in [-0.4, -0.2) is 11.9 Å². The Morgan fingerprint density at radius 1 is 0.950 bits per heavy atom. The van der Waals surface area contributed by atoms with Gasteiger partial charge in [-0.25, -0.2) is 0 Å². The number of amides is 1. The maximum Gasteiger partial charge on any atom is 0.253 e. The lowest BCUT2D eigenvalue weighted by Gasteiger charge is -2.14. The van der Waals surface area contributed by atoms with Gasteiger partial charge in [-0.3, -0.25) is 4.79 Å². The van der Waals surface area contributed by atoms with Crippen LogP contribution in [0.4, 0.5) is 0 Å². The number of rotatable bonds is 2. The summed E-state index contributed by atoms with van der Waals surface area (Å²) in [4.78, 5) is 12.4. The Hall–Kier alpha value is -1.13. The Bertz CT molecular complexity index is 624. The second-order valence-corrected chi connectivity index (χ2v) is 6.65. The van der Waals surface area contributed by atoms with Crippen LogP contribution in [0.2, 0.25) is 0 Å². The van der Waals surface area contributed by atoms with Crippen molar-refractivity contribution in [3.05, 3.63) is 68.1 Å². The molecular formula is C16H13Br2NO. The van der Waals surface area contributed by atoms with Crippen molar-refractivity contribution in [2.45, 2.75) is 18.9 Å². The lowest BCUT2D eigenvalue weighted by molar-refractivity contribution is 0.0937. The van der Waals surface area contributed by atoms with E-state index in [2.05, 4.69) is 49.3 Å². The van der Waals surface area contributed by atoms with Crippen molar-refractivity contribution in [2.75, 3.05) is 0 Å². The molecule has 4 heteroatoms. The van der Waals surface area contributed by atoms with Crippen molar-refractivity contribution in [3.63, 3.8) is 0 Å². The molecule has 1 N–H and O–H groups in total. The van der Waals surface area contributed by atoms with Gasteiger partial charge < -0.3 is 5.32 Å². The summed E-state index contributed by atoms with van der Waals surface area (Å²) in [7, 11) is 0. The average Bonchev–Trinajstić information content (AvgIpc) is 2.80. The molecule has 2 nitrogen and oxygen atoms in total. The molecule has 1 amide bonds. The number of fused-ring (bicyclic) bond motifs is 1.